The molecule has 0 aromatic heterocycles. The molecule has 5 heteroatoms. The zero-order valence-corrected chi connectivity index (χ0v) is 12.6. The molecule has 3 fully saturated rings. The molecule has 0 bridgehead atoms. The van der Waals surface area contributed by atoms with Crippen molar-refractivity contribution in [1.82, 2.24) is 5.32 Å². The number of hydrogen-bond donors (Lipinski definition) is 1. The van der Waals surface area contributed by atoms with Crippen molar-refractivity contribution in [2.24, 2.45) is 5.41 Å². The molecule has 1 spiro atoms. The van der Waals surface area contributed by atoms with Gasteiger partial charge in [0.15, 0.2) is 0 Å². The lowest BCUT2D eigenvalue weighted by Gasteiger charge is -2.38. The quantitative estimate of drug-likeness (QED) is 0.736. The lowest BCUT2D eigenvalue weighted by molar-refractivity contribution is 0.00578. The molecule has 3 saturated heterocycles. The zero-order valence-electron chi connectivity index (χ0n) is 12.6. The first kappa shape index (κ1) is 13.9. The van der Waals surface area contributed by atoms with Crippen molar-refractivity contribution in [2.75, 3.05) is 26.3 Å². The summed E-state index contributed by atoms with van der Waals surface area (Å²) in [6.07, 6.45) is 2.24. The molecule has 0 saturated carbocycles. The monoisotopic (exact) mass is 267 g/mol. The third-order valence-corrected chi connectivity index (χ3v) is 5.72. The van der Waals surface area contributed by atoms with Crippen molar-refractivity contribution in [1.29, 1.82) is 0 Å². The summed E-state index contributed by atoms with van der Waals surface area (Å²) in [6, 6.07) is 0. The lowest BCUT2D eigenvalue weighted by Crippen LogP contribution is -2.41. The normalized spacial score (nSPS) is 36.0. The molecule has 1 atom stereocenters. The van der Waals surface area contributed by atoms with Gasteiger partial charge in [0.2, 0.25) is 0 Å². The molecule has 0 aliphatic carbocycles. The number of ether oxygens (including phenoxy) is 1. The molecule has 1 unspecified atom stereocenters. The predicted molar refractivity (Wildman–Crippen MR) is 75.2 cm³/mol. The highest BCUT2D eigenvalue weighted by molar-refractivity contribution is 6.48. The van der Waals surface area contributed by atoms with Crippen molar-refractivity contribution in [3.8, 4) is 0 Å². The van der Waals surface area contributed by atoms with Gasteiger partial charge in [0.25, 0.3) is 0 Å². The van der Waals surface area contributed by atoms with Gasteiger partial charge in [-0.05, 0) is 52.5 Å². The van der Waals surface area contributed by atoms with Gasteiger partial charge in [0.1, 0.15) is 0 Å². The van der Waals surface area contributed by atoms with Gasteiger partial charge in [0.05, 0.1) is 11.2 Å². The average molecular weight is 267 g/mol. The van der Waals surface area contributed by atoms with Crippen LogP contribution in [0.4, 0.5) is 0 Å². The van der Waals surface area contributed by atoms with E-state index in [0.717, 1.165) is 39.1 Å². The molecule has 0 amide bonds. The first-order chi connectivity index (χ1) is 8.86. The minimum Gasteiger partial charge on any atom is -0.403 e. The molecular formula is C14H26BNO3. The minimum absolute atomic E-state index is 0.0851. The Balaban J connectivity index is 1.79. The van der Waals surface area contributed by atoms with E-state index in [9.17, 15) is 0 Å². The van der Waals surface area contributed by atoms with Crippen LogP contribution in [0, 0.1) is 5.41 Å². The van der Waals surface area contributed by atoms with E-state index in [1.165, 1.54) is 0 Å². The van der Waals surface area contributed by atoms with Crippen LogP contribution in [0.25, 0.3) is 0 Å². The second kappa shape index (κ2) is 4.45. The van der Waals surface area contributed by atoms with Crippen molar-refractivity contribution in [2.45, 2.75) is 57.6 Å². The summed E-state index contributed by atoms with van der Waals surface area (Å²) in [6.45, 7) is 12.3. The third kappa shape index (κ3) is 2.15. The Kier molecular flexibility index (Phi) is 3.25. The SMILES string of the molecule is CC1(C)OB(C2CNCC23CCOCC3)OC1(C)C. The Morgan fingerprint density at radius 1 is 1.00 bits per heavy atom. The van der Waals surface area contributed by atoms with Gasteiger partial charge in [-0.2, -0.15) is 0 Å². The molecule has 0 aromatic rings. The fourth-order valence-electron chi connectivity index (χ4n) is 3.59. The molecule has 3 aliphatic rings. The maximum absolute atomic E-state index is 6.27. The summed E-state index contributed by atoms with van der Waals surface area (Å²) in [5.74, 6) is 0.442. The summed E-state index contributed by atoms with van der Waals surface area (Å²) in [5.41, 5.74) is -0.154. The van der Waals surface area contributed by atoms with Crippen LogP contribution < -0.4 is 5.32 Å². The van der Waals surface area contributed by atoms with Crippen LogP contribution in [0.1, 0.15) is 40.5 Å². The van der Waals surface area contributed by atoms with Crippen LogP contribution >= 0.6 is 0 Å². The fraction of sp³-hybridized carbons (Fsp3) is 1.00. The summed E-state index contributed by atoms with van der Waals surface area (Å²) in [5, 5.41) is 3.55. The van der Waals surface area contributed by atoms with Gasteiger partial charge in [0, 0.05) is 25.6 Å². The summed E-state index contributed by atoms with van der Waals surface area (Å²) in [4.78, 5) is 0. The van der Waals surface area contributed by atoms with E-state index >= 15 is 0 Å². The second-order valence-corrected chi connectivity index (χ2v) is 7.34. The highest BCUT2D eigenvalue weighted by atomic mass is 16.7. The maximum Gasteiger partial charge on any atom is 0.463 e. The van der Waals surface area contributed by atoms with Crippen molar-refractivity contribution in [3.05, 3.63) is 0 Å². The van der Waals surface area contributed by atoms with E-state index in [1.807, 2.05) is 0 Å². The van der Waals surface area contributed by atoms with Gasteiger partial charge in [-0.25, -0.2) is 0 Å². The standard InChI is InChI=1S/C14H26BNO3/c1-12(2)13(3,4)19-15(18-12)11-9-16-10-14(11)5-7-17-8-6-14/h11,16H,5-10H2,1-4H3. The Bertz CT molecular complexity index is 337. The first-order valence-corrected chi connectivity index (χ1v) is 7.51. The number of nitrogens with one attached hydrogen (secondary N) is 1. The summed E-state index contributed by atoms with van der Waals surface area (Å²) < 4.78 is 18.1. The fourth-order valence-corrected chi connectivity index (χ4v) is 3.59. The van der Waals surface area contributed by atoms with Crippen molar-refractivity contribution < 1.29 is 14.0 Å². The van der Waals surface area contributed by atoms with Crippen molar-refractivity contribution >= 4 is 7.12 Å². The Morgan fingerprint density at radius 2 is 1.58 bits per heavy atom. The van der Waals surface area contributed by atoms with Crippen LogP contribution in [0.2, 0.25) is 5.82 Å². The molecule has 3 aliphatic heterocycles. The van der Waals surface area contributed by atoms with E-state index in [2.05, 4.69) is 33.0 Å². The molecular weight excluding hydrogens is 241 g/mol. The highest BCUT2D eigenvalue weighted by Gasteiger charge is 2.59. The molecule has 1 N–H and O–H groups in total. The molecule has 3 rings (SSSR count). The molecule has 19 heavy (non-hydrogen) atoms. The highest BCUT2D eigenvalue weighted by Crippen LogP contribution is 2.50. The van der Waals surface area contributed by atoms with Gasteiger partial charge in [-0.1, -0.05) is 0 Å². The molecule has 0 radical (unpaired) electrons. The van der Waals surface area contributed by atoms with E-state index in [-0.39, 0.29) is 18.3 Å². The summed E-state index contributed by atoms with van der Waals surface area (Å²) in [7, 11) is -0.0851. The van der Waals surface area contributed by atoms with Gasteiger partial charge >= 0.3 is 7.12 Å². The summed E-state index contributed by atoms with van der Waals surface area (Å²) >= 11 is 0. The molecule has 3 heterocycles. The average Bonchev–Trinajstić information content (AvgIpc) is 2.80. The van der Waals surface area contributed by atoms with Crippen LogP contribution in [0.3, 0.4) is 0 Å². The smallest absolute Gasteiger partial charge is 0.403 e. The van der Waals surface area contributed by atoms with Gasteiger partial charge in [-0.15, -0.1) is 0 Å². The largest absolute Gasteiger partial charge is 0.463 e. The third-order valence-electron chi connectivity index (χ3n) is 5.72. The van der Waals surface area contributed by atoms with Crippen LogP contribution in [-0.2, 0) is 14.0 Å². The van der Waals surface area contributed by atoms with E-state index in [4.69, 9.17) is 14.0 Å². The van der Waals surface area contributed by atoms with E-state index in [0.29, 0.717) is 11.2 Å². The maximum atomic E-state index is 6.27. The van der Waals surface area contributed by atoms with Crippen LogP contribution in [-0.4, -0.2) is 44.6 Å². The van der Waals surface area contributed by atoms with Crippen LogP contribution in [0.15, 0.2) is 0 Å². The second-order valence-electron chi connectivity index (χ2n) is 7.34. The zero-order chi connectivity index (χ0) is 13.7. The predicted octanol–water partition coefficient (Wildman–Crippen LogP) is 1.85. The van der Waals surface area contributed by atoms with E-state index in [1.54, 1.807) is 0 Å². The Labute approximate surface area is 116 Å². The first-order valence-electron chi connectivity index (χ1n) is 7.51. The number of rotatable bonds is 1. The molecule has 108 valence electrons. The van der Waals surface area contributed by atoms with Gasteiger partial charge in [-0.3, -0.25) is 0 Å². The topological polar surface area (TPSA) is 39.7 Å². The van der Waals surface area contributed by atoms with Crippen molar-refractivity contribution in [3.63, 3.8) is 0 Å². The van der Waals surface area contributed by atoms with Crippen LogP contribution in [0.5, 0.6) is 0 Å². The number of hydrogen-bond acceptors (Lipinski definition) is 4. The minimum atomic E-state index is -0.230. The molecule has 4 nitrogen and oxygen atoms in total. The van der Waals surface area contributed by atoms with E-state index < -0.39 is 0 Å². The molecule has 0 aromatic carbocycles. The van der Waals surface area contributed by atoms with Gasteiger partial charge < -0.3 is 19.4 Å². The Hall–Kier alpha value is -0.0951. The Morgan fingerprint density at radius 3 is 2.16 bits per heavy atom. The lowest BCUT2D eigenvalue weighted by atomic mass is 9.56.